The number of aliphatic hydroxyl groups is 2. The summed E-state index contributed by atoms with van der Waals surface area (Å²) in [5.41, 5.74) is 4.69. The molecule has 0 aromatic carbocycles. The first kappa shape index (κ1) is 27.9. The number of hydrogen-bond acceptors (Lipinski definition) is 4. The molecule has 3 aliphatic carbocycles. The summed E-state index contributed by atoms with van der Waals surface area (Å²) in [7, 11) is 0. The molecule has 0 saturated heterocycles. The second-order valence-corrected chi connectivity index (χ2v) is 11.1. The molecule has 2 fully saturated rings. The highest BCUT2D eigenvalue weighted by atomic mass is 16.8. The number of hydrogen-bond donors (Lipinski definition) is 2. The molecule has 2 unspecified atom stereocenters. The molecule has 0 radical (unpaired) electrons. The molecular weight excluding hydrogens is 438 g/mol. The molecule has 5 heteroatoms. The highest BCUT2D eigenvalue weighted by Crippen LogP contribution is 2.55. The first-order chi connectivity index (χ1) is 16.6. The summed E-state index contributed by atoms with van der Waals surface area (Å²) in [6, 6.07) is -0.0918. The predicted molar refractivity (Wildman–Crippen MR) is 141 cm³/mol. The second-order valence-electron chi connectivity index (χ2n) is 11.1. The van der Waals surface area contributed by atoms with E-state index in [9.17, 15) is 15.0 Å². The number of carbonyl (C=O) groups excluding carboxylic acids is 1. The number of fused-ring (bicyclic) bond motifs is 1. The summed E-state index contributed by atoms with van der Waals surface area (Å²) in [6.07, 6.45) is 15.1. The van der Waals surface area contributed by atoms with Gasteiger partial charge in [-0.25, -0.2) is 9.90 Å². The van der Waals surface area contributed by atoms with Crippen LogP contribution in [0.25, 0.3) is 0 Å². The van der Waals surface area contributed by atoms with Gasteiger partial charge in [-0.3, -0.25) is 4.79 Å². The second kappa shape index (κ2) is 11.6. The molecule has 0 spiro atoms. The van der Waals surface area contributed by atoms with E-state index in [-0.39, 0.29) is 30.2 Å². The third kappa shape index (κ3) is 6.00. The quantitative estimate of drug-likeness (QED) is 0.221. The molecule has 35 heavy (non-hydrogen) atoms. The zero-order valence-electron chi connectivity index (χ0n) is 22.6. The van der Waals surface area contributed by atoms with E-state index < -0.39 is 11.9 Å². The lowest BCUT2D eigenvalue weighted by atomic mass is 9.64. The third-order valence-corrected chi connectivity index (χ3v) is 8.54. The maximum Gasteiger partial charge on any atom is 0.243 e. The molecule has 0 aromatic heterocycles. The number of rotatable bonds is 9. The summed E-state index contributed by atoms with van der Waals surface area (Å²) in [5.74, 6) is -1.35. The number of allylic oxidation sites excluding steroid dienone is 5. The van der Waals surface area contributed by atoms with Crippen molar-refractivity contribution < 1.29 is 19.8 Å². The predicted octanol–water partition coefficient (Wildman–Crippen LogP) is 6.53. The van der Waals surface area contributed by atoms with E-state index in [2.05, 4.69) is 46.4 Å². The third-order valence-electron chi connectivity index (χ3n) is 8.54. The molecule has 2 saturated carbocycles. The van der Waals surface area contributed by atoms with Crippen molar-refractivity contribution in [1.82, 2.24) is 5.06 Å². The highest BCUT2D eigenvalue weighted by Gasteiger charge is 2.45. The topological polar surface area (TPSA) is 70.0 Å². The molecule has 2 N–H and O–H groups in total. The van der Waals surface area contributed by atoms with Crippen LogP contribution in [0.3, 0.4) is 0 Å². The van der Waals surface area contributed by atoms with Gasteiger partial charge in [0.05, 0.1) is 12.1 Å². The maximum atomic E-state index is 12.5. The van der Waals surface area contributed by atoms with Gasteiger partial charge in [-0.05, 0) is 67.4 Å². The van der Waals surface area contributed by atoms with Crippen molar-refractivity contribution in [3.63, 3.8) is 0 Å². The van der Waals surface area contributed by atoms with Crippen molar-refractivity contribution in [3.8, 4) is 0 Å². The molecule has 196 valence electrons. The van der Waals surface area contributed by atoms with Crippen LogP contribution in [0.1, 0.15) is 105 Å². The Balaban J connectivity index is 1.83. The van der Waals surface area contributed by atoms with Crippen molar-refractivity contribution >= 4 is 5.91 Å². The maximum absolute atomic E-state index is 12.5. The number of nitrogens with zero attached hydrogens (tertiary/aromatic N) is 1. The molecule has 3 rings (SSSR count). The van der Waals surface area contributed by atoms with E-state index in [0.717, 1.165) is 50.5 Å². The van der Waals surface area contributed by atoms with Crippen LogP contribution >= 0.6 is 0 Å². The Bertz CT molecular complexity index is 881. The van der Waals surface area contributed by atoms with Crippen LogP contribution < -0.4 is 0 Å². The van der Waals surface area contributed by atoms with E-state index in [0.29, 0.717) is 11.5 Å². The zero-order valence-corrected chi connectivity index (χ0v) is 22.6. The molecular formula is C30H47NO4. The summed E-state index contributed by atoms with van der Waals surface area (Å²) >= 11 is 0. The zero-order chi connectivity index (χ0) is 25.8. The smallest absolute Gasteiger partial charge is 0.243 e. The van der Waals surface area contributed by atoms with Gasteiger partial charge in [0.1, 0.15) is 0 Å². The first-order valence-corrected chi connectivity index (χ1v) is 13.8. The van der Waals surface area contributed by atoms with E-state index in [1.54, 1.807) is 5.57 Å². The Morgan fingerprint density at radius 3 is 2.57 bits per heavy atom. The summed E-state index contributed by atoms with van der Waals surface area (Å²) in [5, 5.41) is 23.6. The summed E-state index contributed by atoms with van der Waals surface area (Å²) < 4.78 is 0. The van der Waals surface area contributed by atoms with Gasteiger partial charge in [-0.1, -0.05) is 76.5 Å². The number of carbonyl (C=O) groups is 1. The summed E-state index contributed by atoms with van der Waals surface area (Å²) in [4.78, 5) is 18.5. The minimum atomic E-state index is -1.65. The fourth-order valence-corrected chi connectivity index (χ4v) is 6.64. The van der Waals surface area contributed by atoms with E-state index in [4.69, 9.17) is 4.84 Å². The molecule has 3 aliphatic rings. The fraction of sp³-hybridized carbons (Fsp3) is 0.700. The Labute approximate surface area is 212 Å². The van der Waals surface area contributed by atoms with Crippen molar-refractivity contribution in [3.05, 3.63) is 47.1 Å². The molecule has 5 nitrogen and oxygen atoms in total. The lowest BCUT2D eigenvalue weighted by Gasteiger charge is -2.42. The lowest BCUT2D eigenvalue weighted by molar-refractivity contribution is -0.336. The summed E-state index contributed by atoms with van der Waals surface area (Å²) in [6.45, 7) is 14.4. The van der Waals surface area contributed by atoms with Gasteiger partial charge >= 0.3 is 0 Å². The van der Waals surface area contributed by atoms with Crippen LogP contribution in [0.15, 0.2) is 47.1 Å². The van der Waals surface area contributed by atoms with Crippen LogP contribution in [0, 0.1) is 11.3 Å². The highest BCUT2D eigenvalue weighted by molar-refractivity contribution is 5.72. The van der Waals surface area contributed by atoms with Gasteiger partial charge in [-0.2, -0.15) is 0 Å². The average molecular weight is 486 g/mol. The Morgan fingerprint density at radius 1 is 1.29 bits per heavy atom. The van der Waals surface area contributed by atoms with Crippen molar-refractivity contribution in [2.45, 2.75) is 123 Å². The van der Waals surface area contributed by atoms with Crippen LogP contribution in [0.2, 0.25) is 0 Å². The molecule has 1 amide bonds. The Kier molecular flexibility index (Phi) is 9.22. The number of aliphatic hydroxyl groups excluding tert-OH is 1. The van der Waals surface area contributed by atoms with Gasteiger partial charge in [0.25, 0.3) is 0 Å². The van der Waals surface area contributed by atoms with Gasteiger partial charge in [0.15, 0.2) is 5.79 Å². The number of amides is 1. The minimum Gasteiger partial charge on any atom is -0.388 e. The van der Waals surface area contributed by atoms with Crippen LogP contribution in [0.5, 0.6) is 0 Å². The Hall–Kier alpha value is -1.69. The molecule has 0 aliphatic heterocycles. The molecule has 4 atom stereocenters. The normalized spacial score (nSPS) is 33.4. The van der Waals surface area contributed by atoms with Crippen molar-refractivity contribution in [2.24, 2.45) is 11.3 Å². The van der Waals surface area contributed by atoms with Crippen LogP contribution in [-0.2, 0) is 9.63 Å². The van der Waals surface area contributed by atoms with E-state index in [1.165, 1.54) is 30.4 Å². The minimum absolute atomic E-state index is 0.00102. The lowest BCUT2D eigenvalue weighted by Crippen LogP contribution is -2.51. The van der Waals surface area contributed by atoms with E-state index >= 15 is 0 Å². The number of hydroxylamine groups is 2. The molecule has 0 bridgehead atoms. The van der Waals surface area contributed by atoms with Crippen LogP contribution in [-0.4, -0.2) is 39.1 Å². The van der Waals surface area contributed by atoms with Crippen molar-refractivity contribution in [2.75, 3.05) is 0 Å². The van der Waals surface area contributed by atoms with Crippen molar-refractivity contribution in [1.29, 1.82) is 0 Å². The average Bonchev–Trinajstić information content (AvgIpc) is 3.15. The standard InChI is InChI=1S/C30H47NO4/c1-7-11-26(12-8-2)31(22(5)32)35-30(34)19-24(21(4)28(33)20-30)15-14-23-13-10-18-29(6)25(9-3)16-17-27(23)29/h14-16,26-28,33-34H,4,7-13,17-20H2,1-3,5-6H3/t27?,28-,29+,30?/m0/s1. The van der Waals surface area contributed by atoms with Gasteiger partial charge in [0.2, 0.25) is 5.91 Å². The molecule has 0 heterocycles. The van der Waals surface area contributed by atoms with Crippen LogP contribution in [0.4, 0.5) is 0 Å². The Morgan fingerprint density at radius 2 is 1.97 bits per heavy atom. The van der Waals surface area contributed by atoms with Gasteiger partial charge in [-0.15, -0.1) is 0 Å². The SMILES string of the molecule is C=C1C(=CC=C2CCC[C@]3(C)C(CC)=CCC23)CC(O)(ON(C(C)=O)C(CCC)CCC)C[C@@H]1O. The van der Waals surface area contributed by atoms with Gasteiger partial charge < -0.3 is 10.2 Å². The molecule has 0 aromatic rings. The fourth-order valence-electron chi connectivity index (χ4n) is 6.64. The monoisotopic (exact) mass is 485 g/mol. The van der Waals surface area contributed by atoms with E-state index in [1.807, 2.05) is 6.08 Å². The largest absolute Gasteiger partial charge is 0.388 e. The first-order valence-electron chi connectivity index (χ1n) is 13.8. The van der Waals surface area contributed by atoms with Gasteiger partial charge in [0, 0.05) is 19.8 Å².